The zero-order valence-electron chi connectivity index (χ0n) is 69.2. The number of nitrogens with zero attached hydrogens (tertiary/aromatic N) is 6. The lowest BCUT2D eigenvalue weighted by molar-refractivity contribution is -0.0262. The highest BCUT2D eigenvalue weighted by molar-refractivity contribution is 7.13. The molecule has 1 aromatic heterocycles. The summed E-state index contributed by atoms with van der Waals surface area (Å²) >= 11 is 7.61. The van der Waals surface area contributed by atoms with E-state index >= 15 is 0 Å². The predicted octanol–water partition coefficient (Wildman–Crippen LogP) is 21.3. The number of methoxy groups -OCH3 is 4. The minimum absolute atomic E-state index is 0.00381. The molecule has 113 heavy (non-hydrogen) atoms. The molecule has 6 saturated heterocycles. The first-order valence-corrected chi connectivity index (χ1v) is 44.7. The van der Waals surface area contributed by atoms with Crippen molar-refractivity contribution < 1.29 is 47.2 Å². The molecule has 6 atom stereocenters. The number of carbonyl (C=O) groups is 2. The first-order chi connectivity index (χ1) is 54.7. The molecular weight excluding hydrogens is 1460 g/mol. The molecule has 6 aromatic rings. The number of benzene rings is 5. The fourth-order valence-corrected chi connectivity index (χ4v) is 22.1. The van der Waals surface area contributed by atoms with Gasteiger partial charge in [-0.15, -0.1) is 11.3 Å². The second kappa shape index (κ2) is 39.3. The normalized spacial score (nSPS) is 25.9. The average Bonchev–Trinajstić information content (AvgIpc) is 1.76. The van der Waals surface area contributed by atoms with E-state index in [1.807, 2.05) is 60.7 Å². The molecule has 15 nitrogen and oxygen atoms in total. The molecule has 10 aliphatic rings. The second-order valence-corrected chi connectivity index (χ2v) is 36.8. The predicted molar refractivity (Wildman–Crippen MR) is 452 cm³/mol. The number of fused-ring (bicyclic) bond motifs is 4. The summed E-state index contributed by atoms with van der Waals surface area (Å²) < 4.78 is 55.8. The van der Waals surface area contributed by atoms with Gasteiger partial charge in [-0.3, -0.25) is 10.1 Å². The summed E-state index contributed by atoms with van der Waals surface area (Å²) in [7, 11) is 6.79. The van der Waals surface area contributed by atoms with Gasteiger partial charge in [-0.25, -0.2) is 18.6 Å². The average molecular weight is 1590 g/mol. The molecule has 4 unspecified atom stereocenters. The fourth-order valence-electron chi connectivity index (χ4n) is 21.4. The number of anilines is 1. The zero-order chi connectivity index (χ0) is 79.3. The van der Waals surface area contributed by atoms with Crippen LogP contribution < -0.4 is 24.3 Å². The van der Waals surface area contributed by atoms with Crippen molar-refractivity contribution >= 4 is 40.1 Å². The van der Waals surface area contributed by atoms with E-state index in [1.54, 1.807) is 26.5 Å². The summed E-state index contributed by atoms with van der Waals surface area (Å²) in [6.07, 6.45) is 33.6. The summed E-state index contributed by atoms with van der Waals surface area (Å²) in [5, 5.41) is 16.5. The molecule has 0 radical (unpaired) electrons. The topological polar surface area (TPSA) is 142 Å². The Bertz CT molecular complexity index is 4020. The third kappa shape index (κ3) is 21.0. The highest BCUT2D eigenvalue weighted by Gasteiger charge is 2.45. The lowest BCUT2D eigenvalue weighted by Crippen LogP contribution is -2.46. The first kappa shape index (κ1) is 84.5. The molecule has 4 bridgehead atoms. The maximum absolute atomic E-state index is 14.4. The van der Waals surface area contributed by atoms with Gasteiger partial charge in [-0.2, -0.15) is 0 Å². The molecule has 6 aliphatic heterocycles. The minimum Gasteiger partial charge on any atom is -0.497 e. The Morgan fingerprint density at radius 3 is 1.62 bits per heavy atom. The number of rotatable bonds is 17. The van der Waals surface area contributed by atoms with Crippen LogP contribution in [-0.2, 0) is 10.2 Å². The van der Waals surface area contributed by atoms with Gasteiger partial charge in [0.25, 0.3) is 5.91 Å². The molecule has 16 rings (SSSR count). The van der Waals surface area contributed by atoms with E-state index in [0.29, 0.717) is 64.5 Å². The Morgan fingerprint density at radius 2 is 1.08 bits per heavy atom. The highest BCUT2D eigenvalue weighted by Crippen LogP contribution is 2.49. The van der Waals surface area contributed by atoms with E-state index in [-0.39, 0.29) is 29.4 Å². The van der Waals surface area contributed by atoms with Crippen LogP contribution in [0.25, 0.3) is 11.1 Å². The van der Waals surface area contributed by atoms with Crippen molar-refractivity contribution in [2.45, 2.75) is 279 Å². The highest BCUT2D eigenvalue weighted by atomic mass is 35.5. The third-order valence-corrected chi connectivity index (χ3v) is 29.0. The van der Waals surface area contributed by atoms with E-state index in [1.165, 1.54) is 150 Å². The maximum Gasteiger partial charge on any atom is 0.410 e. The Kier molecular flexibility index (Phi) is 29.4. The number of thiazole rings is 1. The van der Waals surface area contributed by atoms with E-state index < -0.39 is 17.2 Å². The molecule has 0 spiro atoms. The number of nitrogens with one attached hydrogen (secondary N) is 1. The van der Waals surface area contributed by atoms with Gasteiger partial charge in [-0.05, 0) is 341 Å². The molecule has 10 fully saturated rings. The van der Waals surface area contributed by atoms with Crippen molar-refractivity contribution in [2.24, 2.45) is 11.8 Å². The van der Waals surface area contributed by atoms with Crippen LogP contribution in [0.15, 0.2) is 103 Å². The molecule has 616 valence electrons. The van der Waals surface area contributed by atoms with Crippen LogP contribution in [0.4, 0.5) is 18.7 Å². The number of ether oxygens (including phenoxy) is 5. The quantitative estimate of drug-likeness (QED) is 0.0896. The van der Waals surface area contributed by atoms with Crippen LogP contribution >= 0.6 is 22.9 Å². The standard InChI is InChI=1S/C28H33N3O2S.C23H32F2N2O3.C23H35NO.C20H30ClNO2/c1-33-26-12-11-23(20-7-9-22(10-8-20)27(32)30-28-29-15-18-34-28)19-25(26)21-13-16-31(17-14-21)24-5-3-2-4-6-24;1-3-30-23(28)27-16-4-6-17(12-18(27)7-5-16)26-10-8-15(9-11-26)20-13-19(29-2)14-21(24)22(20)25;1-23(2,3)19-7-8-22(25-4)20(15-19)17-9-11-24(12-10-17)21-14-16-5-6-18(21)13-16;1-3-20(23)10-6-17(7-11-20)22-12-8-15(9-13-22)18-14-16(21)4-5-19(18)24-2/h7-12,15,18-19,21,24H,2-6,13-14,16-17H2,1H3,(H,29,30,32);13-18H,3-12H2,1-2H3;7-8,15-18,21H,5-6,9-14H2,1-4H3;4-5,14-15,17,23H,3,6-13H2,1-2H3/t;;16-,18?,21+;/m..0./s1. The van der Waals surface area contributed by atoms with Crippen molar-refractivity contribution in [1.29, 1.82) is 0 Å². The molecular formula is C94H130ClF2N7O8S. The van der Waals surface area contributed by atoms with Gasteiger partial charge >= 0.3 is 6.09 Å². The van der Waals surface area contributed by atoms with E-state index in [4.69, 9.17) is 35.3 Å². The van der Waals surface area contributed by atoms with Gasteiger partial charge in [-0.1, -0.05) is 95.3 Å². The second-order valence-electron chi connectivity index (χ2n) is 35.5. The first-order valence-electron chi connectivity index (χ1n) is 43.4. The van der Waals surface area contributed by atoms with Gasteiger partial charge in [0.1, 0.15) is 23.0 Å². The molecule has 4 saturated carbocycles. The van der Waals surface area contributed by atoms with Crippen molar-refractivity contribution in [3.63, 3.8) is 0 Å². The SMILES string of the molecule is CCC1(O)CCC(N2CCC(c3cc(Cl)ccc3OC)CC2)CC1.CCOC(=O)N1C2CCC(N3CCC(c4cc(OC)cc(F)c4F)CC3)CC1CC2.COc1ccc(-c2ccc(C(=O)Nc3nccs3)cc2)cc1C1CCN(C2CCCCC2)CC1.COc1ccc(C(C)(C)C)cc1C1CCN([C@@H]2C[C@H]3CCC2C3)CC1. The number of hydrogen-bond donors (Lipinski definition) is 2. The van der Waals surface area contributed by atoms with Crippen molar-refractivity contribution in [3.8, 4) is 34.1 Å². The smallest absolute Gasteiger partial charge is 0.410 e. The number of amides is 2. The summed E-state index contributed by atoms with van der Waals surface area (Å²) in [6, 6.07) is 33.2. The number of likely N-dealkylation sites (tertiary alicyclic amines) is 4. The minimum atomic E-state index is -0.842. The number of halogens is 3. The number of piperidine rings is 4. The molecule has 5 aromatic carbocycles. The van der Waals surface area contributed by atoms with Crippen LogP contribution in [-0.4, -0.2) is 176 Å². The van der Waals surface area contributed by atoms with Gasteiger partial charge in [0.05, 0.1) is 40.6 Å². The van der Waals surface area contributed by atoms with Crippen LogP contribution in [0.1, 0.15) is 270 Å². The molecule has 7 heterocycles. The van der Waals surface area contributed by atoms with Crippen LogP contribution in [0.5, 0.6) is 23.0 Å². The maximum atomic E-state index is 14.4. The van der Waals surface area contributed by atoms with E-state index in [0.717, 1.165) is 179 Å². The van der Waals surface area contributed by atoms with Crippen LogP contribution in [0, 0.1) is 23.5 Å². The molecule has 4 aliphatic carbocycles. The molecule has 2 N–H and O–H groups in total. The lowest BCUT2D eigenvalue weighted by Gasteiger charge is -2.43. The van der Waals surface area contributed by atoms with Crippen LogP contribution in [0.3, 0.4) is 0 Å². The Balaban J connectivity index is 0.000000133. The Morgan fingerprint density at radius 1 is 0.549 bits per heavy atom. The Labute approximate surface area is 682 Å². The van der Waals surface area contributed by atoms with Gasteiger partial charge in [0.15, 0.2) is 16.8 Å². The van der Waals surface area contributed by atoms with Crippen molar-refractivity contribution in [3.05, 3.63) is 153 Å². The van der Waals surface area contributed by atoms with Crippen LogP contribution in [0.2, 0.25) is 5.02 Å². The lowest BCUT2D eigenvalue weighted by atomic mass is 9.79. The van der Waals surface area contributed by atoms with Crippen molar-refractivity contribution in [1.82, 2.24) is 29.5 Å². The van der Waals surface area contributed by atoms with Gasteiger partial charge < -0.3 is 53.3 Å². The van der Waals surface area contributed by atoms with Crippen molar-refractivity contribution in [2.75, 3.05) is 92.7 Å². The number of carbonyl (C=O) groups excluding carboxylic acids is 2. The molecule has 2 amide bonds. The van der Waals surface area contributed by atoms with E-state index in [2.05, 4.69) is 100 Å². The van der Waals surface area contributed by atoms with Gasteiger partial charge in [0, 0.05) is 64.5 Å². The largest absolute Gasteiger partial charge is 0.497 e. The number of aliphatic hydroxyl groups is 1. The Hall–Kier alpha value is -6.38. The number of aromatic nitrogens is 1. The third-order valence-electron chi connectivity index (χ3n) is 28.1. The molecule has 19 heteroatoms. The summed E-state index contributed by atoms with van der Waals surface area (Å²) in [5.74, 6) is 5.47. The summed E-state index contributed by atoms with van der Waals surface area (Å²) in [4.78, 5) is 41.7. The summed E-state index contributed by atoms with van der Waals surface area (Å²) in [5.41, 5.74) is 8.58. The monoisotopic (exact) mass is 1590 g/mol. The van der Waals surface area contributed by atoms with Gasteiger partial charge in [0.2, 0.25) is 0 Å². The number of hydrogen-bond acceptors (Lipinski definition) is 14. The zero-order valence-corrected chi connectivity index (χ0v) is 70.8. The van der Waals surface area contributed by atoms with E-state index in [9.17, 15) is 23.5 Å². The fraction of sp³-hybridized carbons (Fsp3) is 0.628. The summed E-state index contributed by atoms with van der Waals surface area (Å²) in [6.45, 7) is 20.2.